The highest BCUT2D eigenvalue weighted by molar-refractivity contribution is 5.83. The zero-order valence-electron chi connectivity index (χ0n) is 7.65. The maximum absolute atomic E-state index is 10.9. The monoisotopic (exact) mass is 200 g/mol. The summed E-state index contributed by atoms with van der Waals surface area (Å²) in [5, 5.41) is 21.8. The Kier molecular flexibility index (Phi) is 5.10. The molecule has 78 valence electrons. The molecule has 0 aromatic heterocycles. The largest absolute Gasteiger partial charge is 0.480 e. The molecule has 0 saturated carbocycles. The maximum Gasteiger partial charge on any atom is 0.328 e. The van der Waals surface area contributed by atoms with Gasteiger partial charge in [-0.1, -0.05) is 5.92 Å². The minimum absolute atomic E-state index is 0.00200. The van der Waals surface area contributed by atoms with E-state index >= 15 is 0 Å². The third-order valence-corrected chi connectivity index (χ3v) is 1.39. The van der Waals surface area contributed by atoms with E-state index in [0.29, 0.717) is 0 Å². The highest BCUT2D eigenvalue weighted by atomic mass is 16.4. The molecule has 0 aliphatic carbocycles. The van der Waals surface area contributed by atoms with Gasteiger partial charge in [-0.2, -0.15) is 0 Å². The number of rotatable bonds is 4. The molecule has 2 atom stereocenters. The van der Waals surface area contributed by atoms with Crippen LogP contribution in [-0.4, -0.2) is 40.9 Å². The molecule has 4 N–H and O–H groups in total. The van der Waals surface area contributed by atoms with Crippen molar-refractivity contribution in [3.05, 3.63) is 0 Å². The SMILES string of the molecule is C#CCNC(=O)N[C@H](C(=O)O)[C@@H](C)O. The van der Waals surface area contributed by atoms with Crippen LogP contribution in [0.4, 0.5) is 4.79 Å². The van der Waals surface area contributed by atoms with E-state index in [0.717, 1.165) is 0 Å². The first-order valence-corrected chi connectivity index (χ1v) is 3.87. The molecule has 0 aliphatic heterocycles. The lowest BCUT2D eigenvalue weighted by molar-refractivity contribution is -0.141. The van der Waals surface area contributed by atoms with Crippen molar-refractivity contribution in [2.75, 3.05) is 6.54 Å². The second kappa shape index (κ2) is 5.83. The molecule has 0 saturated heterocycles. The van der Waals surface area contributed by atoms with Gasteiger partial charge in [-0.15, -0.1) is 6.42 Å². The van der Waals surface area contributed by atoms with Crippen LogP contribution < -0.4 is 10.6 Å². The summed E-state index contributed by atoms with van der Waals surface area (Å²) < 4.78 is 0. The lowest BCUT2D eigenvalue weighted by atomic mass is 10.2. The fourth-order valence-electron chi connectivity index (χ4n) is 0.712. The number of aliphatic hydroxyl groups is 1. The average molecular weight is 200 g/mol. The van der Waals surface area contributed by atoms with E-state index in [1.807, 2.05) is 0 Å². The van der Waals surface area contributed by atoms with E-state index in [-0.39, 0.29) is 6.54 Å². The van der Waals surface area contributed by atoms with Crippen molar-refractivity contribution in [3.8, 4) is 12.3 Å². The molecular weight excluding hydrogens is 188 g/mol. The summed E-state index contributed by atoms with van der Waals surface area (Å²) in [7, 11) is 0. The van der Waals surface area contributed by atoms with Gasteiger partial charge >= 0.3 is 12.0 Å². The number of aliphatic carboxylic acids is 1. The second-order valence-electron chi connectivity index (χ2n) is 2.59. The topological polar surface area (TPSA) is 98.7 Å². The van der Waals surface area contributed by atoms with Crippen molar-refractivity contribution in [2.45, 2.75) is 19.1 Å². The zero-order chi connectivity index (χ0) is 11.1. The van der Waals surface area contributed by atoms with Crippen molar-refractivity contribution in [1.82, 2.24) is 10.6 Å². The van der Waals surface area contributed by atoms with Crippen molar-refractivity contribution in [3.63, 3.8) is 0 Å². The number of aliphatic hydroxyl groups excluding tert-OH is 1. The minimum atomic E-state index is -1.34. The smallest absolute Gasteiger partial charge is 0.328 e. The fourth-order valence-corrected chi connectivity index (χ4v) is 0.712. The van der Waals surface area contributed by atoms with E-state index in [1.165, 1.54) is 6.92 Å². The molecule has 0 heterocycles. The van der Waals surface area contributed by atoms with Crippen molar-refractivity contribution in [2.24, 2.45) is 0 Å². The Hall–Kier alpha value is -1.74. The molecule has 6 heteroatoms. The Morgan fingerprint density at radius 3 is 2.50 bits per heavy atom. The zero-order valence-corrected chi connectivity index (χ0v) is 7.65. The summed E-state index contributed by atoms with van der Waals surface area (Å²) in [6.07, 6.45) is 3.69. The lowest BCUT2D eigenvalue weighted by Gasteiger charge is -2.16. The average Bonchev–Trinajstić information content (AvgIpc) is 2.09. The van der Waals surface area contributed by atoms with Gasteiger partial charge in [-0.25, -0.2) is 9.59 Å². The molecule has 2 amide bonds. The molecule has 14 heavy (non-hydrogen) atoms. The molecule has 0 bridgehead atoms. The van der Waals surface area contributed by atoms with Crippen molar-refractivity contribution in [1.29, 1.82) is 0 Å². The first-order valence-electron chi connectivity index (χ1n) is 3.87. The molecule has 0 radical (unpaired) electrons. The van der Waals surface area contributed by atoms with E-state index in [2.05, 4.69) is 16.6 Å². The number of carbonyl (C=O) groups is 2. The number of terminal acetylenes is 1. The Labute approximate surface area is 81.3 Å². The van der Waals surface area contributed by atoms with E-state index in [9.17, 15) is 9.59 Å². The van der Waals surface area contributed by atoms with Crippen molar-refractivity contribution >= 4 is 12.0 Å². The fraction of sp³-hybridized carbons (Fsp3) is 0.500. The van der Waals surface area contributed by atoms with Crippen LogP contribution in [0.25, 0.3) is 0 Å². The number of nitrogens with one attached hydrogen (secondary N) is 2. The Bertz CT molecular complexity index is 257. The third-order valence-electron chi connectivity index (χ3n) is 1.39. The standard InChI is InChI=1S/C8H12N2O4/c1-3-4-9-8(14)10-6(5(2)11)7(12)13/h1,5-6,11H,4H2,2H3,(H,12,13)(H2,9,10,14)/t5-,6+/m1/s1. The normalized spacial score (nSPS) is 13.5. The van der Waals surface area contributed by atoms with Gasteiger partial charge in [0.05, 0.1) is 12.6 Å². The van der Waals surface area contributed by atoms with E-state index < -0.39 is 24.1 Å². The summed E-state index contributed by atoms with van der Waals surface area (Å²) in [5.41, 5.74) is 0. The second-order valence-corrected chi connectivity index (χ2v) is 2.59. The van der Waals surface area contributed by atoms with Crippen LogP contribution >= 0.6 is 0 Å². The van der Waals surface area contributed by atoms with E-state index in [4.69, 9.17) is 16.6 Å². The summed E-state index contributed by atoms with van der Waals surface area (Å²) in [5.74, 6) is 0.839. The highest BCUT2D eigenvalue weighted by Crippen LogP contribution is 1.92. The first kappa shape index (κ1) is 12.3. The predicted octanol–water partition coefficient (Wildman–Crippen LogP) is -1.25. The van der Waals surface area contributed by atoms with Crippen LogP contribution in [0.1, 0.15) is 6.92 Å². The molecule has 0 rings (SSSR count). The van der Waals surface area contributed by atoms with Gasteiger partial charge in [0.1, 0.15) is 0 Å². The van der Waals surface area contributed by atoms with Gasteiger partial charge in [0.2, 0.25) is 0 Å². The summed E-state index contributed by atoms with van der Waals surface area (Å²) >= 11 is 0. The quantitative estimate of drug-likeness (QED) is 0.426. The lowest BCUT2D eigenvalue weighted by Crippen LogP contribution is -2.51. The van der Waals surface area contributed by atoms with Gasteiger partial charge in [0.25, 0.3) is 0 Å². The molecule has 0 aromatic rings. The molecule has 6 nitrogen and oxygen atoms in total. The molecule has 0 unspecified atom stereocenters. The Balaban J connectivity index is 4.12. The number of carboxylic acids is 1. The van der Waals surface area contributed by atoms with Crippen LogP contribution in [0.3, 0.4) is 0 Å². The number of carboxylic acid groups (broad SMARTS) is 1. The number of hydrogen-bond acceptors (Lipinski definition) is 3. The van der Waals surface area contributed by atoms with Gasteiger partial charge in [-0.05, 0) is 6.92 Å². The number of urea groups is 1. The van der Waals surface area contributed by atoms with Gasteiger partial charge < -0.3 is 20.8 Å². The summed E-state index contributed by atoms with van der Waals surface area (Å²) in [6, 6.07) is -2.07. The Morgan fingerprint density at radius 1 is 1.57 bits per heavy atom. The van der Waals surface area contributed by atoms with Crippen LogP contribution in [0.5, 0.6) is 0 Å². The highest BCUT2D eigenvalue weighted by Gasteiger charge is 2.24. The molecule has 0 aliphatic rings. The maximum atomic E-state index is 10.9. The number of carbonyl (C=O) groups excluding carboxylic acids is 1. The minimum Gasteiger partial charge on any atom is -0.480 e. The third kappa shape index (κ3) is 4.33. The van der Waals surface area contributed by atoms with Gasteiger partial charge in [-0.3, -0.25) is 0 Å². The van der Waals surface area contributed by atoms with Gasteiger partial charge in [0.15, 0.2) is 6.04 Å². The van der Waals surface area contributed by atoms with Crippen LogP contribution in [-0.2, 0) is 4.79 Å². The molecule has 0 fully saturated rings. The number of amides is 2. The van der Waals surface area contributed by atoms with Crippen LogP contribution in [0.15, 0.2) is 0 Å². The van der Waals surface area contributed by atoms with Crippen molar-refractivity contribution < 1.29 is 19.8 Å². The predicted molar refractivity (Wildman–Crippen MR) is 48.5 cm³/mol. The number of hydrogen-bond donors (Lipinski definition) is 4. The van der Waals surface area contributed by atoms with Gasteiger partial charge in [0, 0.05) is 0 Å². The Morgan fingerprint density at radius 2 is 2.14 bits per heavy atom. The molecule has 0 spiro atoms. The van der Waals surface area contributed by atoms with E-state index in [1.54, 1.807) is 0 Å². The molecular formula is C8H12N2O4. The summed E-state index contributed by atoms with van der Waals surface area (Å²) in [6.45, 7) is 1.26. The first-order chi connectivity index (χ1) is 6.49. The van der Waals surface area contributed by atoms with Crippen LogP contribution in [0, 0.1) is 12.3 Å². The van der Waals surface area contributed by atoms with Crippen LogP contribution in [0.2, 0.25) is 0 Å². The summed E-state index contributed by atoms with van der Waals surface area (Å²) in [4.78, 5) is 21.4. The molecule has 0 aromatic carbocycles.